The van der Waals surface area contributed by atoms with E-state index in [1.807, 2.05) is 6.92 Å². The summed E-state index contributed by atoms with van der Waals surface area (Å²) in [6.07, 6.45) is 0. The van der Waals surface area contributed by atoms with Crippen molar-refractivity contribution in [3.63, 3.8) is 0 Å². The topological polar surface area (TPSA) is 104 Å². The molecule has 0 aromatic heterocycles. The number of sulfonamides is 1. The number of hydrogen-bond donors (Lipinski definition) is 3. The summed E-state index contributed by atoms with van der Waals surface area (Å²) in [5, 5.41) is 5.61. The van der Waals surface area contributed by atoms with Crippen molar-refractivity contribution in [2.75, 3.05) is 10.6 Å². The van der Waals surface area contributed by atoms with Gasteiger partial charge in [-0.2, -0.15) is 0 Å². The average Bonchev–Trinajstić information content (AvgIpc) is 2.62. The Morgan fingerprint density at radius 3 is 2.07 bits per heavy atom. The van der Waals surface area contributed by atoms with Crippen LogP contribution in [0.5, 0.6) is 0 Å². The molecule has 0 saturated heterocycles. The van der Waals surface area contributed by atoms with Crippen molar-refractivity contribution in [1.82, 2.24) is 4.72 Å². The maximum absolute atomic E-state index is 12.6. The van der Waals surface area contributed by atoms with E-state index in [1.54, 1.807) is 52.8 Å². The van der Waals surface area contributed by atoms with Crippen LogP contribution in [0.2, 0.25) is 0 Å². The number of hydrogen-bond acceptors (Lipinski definition) is 4. The summed E-state index contributed by atoms with van der Waals surface area (Å²) < 4.78 is 27.4. The van der Waals surface area contributed by atoms with Gasteiger partial charge in [0.1, 0.15) is 0 Å². The summed E-state index contributed by atoms with van der Waals surface area (Å²) in [6.45, 7) is 10.7. The molecule has 0 fully saturated rings. The lowest BCUT2D eigenvalue weighted by molar-refractivity contribution is -0.118. The monoisotopic (exact) mass is 431 g/mol. The normalized spacial score (nSPS) is 12.0. The number of aryl methyl sites for hydroxylation is 1. The van der Waals surface area contributed by atoms with E-state index in [0.29, 0.717) is 16.9 Å². The number of amides is 2. The van der Waals surface area contributed by atoms with Crippen LogP contribution in [0.1, 0.15) is 50.5 Å². The standard InChI is InChI=1S/C22H29N3O4S/c1-14(2)20(26)23-17-10-7-15(3)19(13-17)24-21(27)16-8-11-18(12-9-16)30(28,29)25-22(4,5)6/h7-14,25H,1-6H3,(H,23,26)(H,24,27). The van der Waals surface area contributed by atoms with Gasteiger partial charge in [-0.1, -0.05) is 19.9 Å². The molecule has 0 heterocycles. The molecule has 0 unspecified atom stereocenters. The molecule has 2 aromatic carbocycles. The summed E-state index contributed by atoms with van der Waals surface area (Å²) in [5.41, 5.74) is 1.69. The highest BCUT2D eigenvalue weighted by Crippen LogP contribution is 2.22. The van der Waals surface area contributed by atoms with Gasteiger partial charge in [-0.25, -0.2) is 13.1 Å². The predicted octanol–water partition coefficient (Wildman–Crippen LogP) is 3.92. The van der Waals surface area contributed by atoms with Crippen molar-refractivity contribution < 1.29 is 18.0 Å². The van der Waals surface area contributed by atoms with Gasteiger partial charge in [-0.15, -0.1) is 0 Å². The molecular formula is C22H29N3O4S. The van der Waals surface area contributed by atoms with Gasteiger partial charge in [0.25, 0.3) is 5.91 Å². The zero-order valence-corrected chi connectivity index (χ0v) is 19.0. The lowest BCUT2D eigenvalue weighted by Gasteiger charge is -2.20. The van der Waals surface area contributed by atoms with E-state index in [0.717, 1.165) is 5.56 Å². The Labute approximate surface area is 178 Å². The molecule has 0 aliphatic rings. The number of carbonyl (C=O) groups is 2. The molecule has 0 atom stereocenters. The predicted molar refractivity (Wildman–Crippen MR) is 119 cm³/mol. The molecule has 0 radical (unpaired) electrons. The first-order chi connectivity index (χ1) is 13.8. The summed E-state index contributed by atoms with van der Waals surface area (Å²) in [7, 11) is -3.67. The fraction of sp³-hybridized carbons (Fsp3) is 0.364. The Balaban J connectivity index is 2.18. The Hall–Kier alpha value is -2.71. The third-order valence-corrected chi connectivity index (χ3v) is 5.92. The number of carbonyl (C=O) groups excluding carboxylic acids is 2. The lowest BCUT2D eigenvalue weighted by atomic mass is 10.1. The molecule has 0 spiro atoms. The second-order valence-electron chi connectivity index (χ2n) is 8.51. The molecular weight excluding hydrogens is 402 g/mol. The second kappa shape index (κ2) is 8.97. The van der Waals surface area contributed by atoms with Crippen LogP contribution in [-0.4, -0.2) is 25.8 Å². The summed E-state index contributed by atoms with van der Waals surface area (Å²) in [5.74, 6) is -0.651. The van der Waals surface area contributed by atoms with E-state index in [1.165, 1.54) is 24.3 Å². The Bertz CT molecular complexity index is 1040. The third-order valence-electron chi connectivity index (χ3n) is 4.15. The number of rotatable bonds is 6. The average molecular weight is 432 g/mol. The number of anilines is 2. The molecule has 3 N–H and O–H groups in total. The number of nitrogens with one attached hydrogen (secondary N) is 3. The van der Waals surface area contributed by atoms with Crippen LogP contribution in [0.25, 0.3) is 0 Å². The fourth-order valence-electron chi connectivity index (χ4n) is 2.56. The highest BCUT2D eigenvalue weighted by molar-refractivity contribution is 7.89. The largest absolute Gasteiger partial charge is 0.326 e. The second-order valence-corrected chi connectivity index (χ2v) is 10.2. The first-order valence-corrected chi connectivity index (χ1v) is 11.1. The van der Waals surface area contributed by atoms with E-state index >= 15 is 0 Å². The van der Waals surface area contributed by atoms with E-state index in [-0.39, 0.29) is 22.6 Å². The van der Waals surface area contributed by atoms with Gasteiger partial charge in [-0.3, -0.25) is 9.59 Å². The van der Waals surface area contributed by atoms with E-state index < -0.39 is 15.6 Å². The van der Waals surface area contributed by atoms with Crippen LogP contribution in [0.4, 0.5) is 11.4 Å². The van der Waals surface area contributed by atoms with Crippen LogP contribution in [0, 0.1) is 12.8 Å². The molecule has 2 rings (SSSR count). The van der Waals surface area contributed by atoms with Crippen LogP contribution in [-0.2, 0) is 14.8 Å². The van der Waals surface area contributed by atoms with Crippen molar-refractivity contribution in [2.45, 2.75) is 52.0 Å². The molecule has 0 aliphatic heterocycles. The van der Waals surface area contributed by atoms with Gasteiger partial charge < -0.3 is 10.6 Å². The molecule has 162 valence electrons. The van der Waals surface area contributed by atoms with Gasteiger partial charge in [-0.05, 0) is 69.7 Å². The van der Waals surface area contributed by atoms with Crippen molar-refractivity contribution in [3.05, 3.63) is 53.6 Å². The smallest absolute Gasteiger partial charge is 0.255 e. The molecule has 0 bridgehead atoms. The third kappa shape index (κ3) is 6.40. The van der Waals surface area contributed by atoms with Crippen LogP contribution in [0.3, 0.4) is 0 Å². The number of benzene rings is 2. The van der Waals surface area contributed by atoms with Gasteiger partial charge in [0.2, 0.25) is 15.9 Å². The molecule has 7 nitrogen and oxygen atoms in total. The van der Waals surface area contributed by atoms with Gasteiger partial charge in [0, 0.05) is 28.4 Å². The summed E-state index contributed by atoms with van der Waals surface area (Å²) >= 11 is 0. The zero-order chi connectivity index (χ0) is 22.7. The highest BCUT2D eigenvalue weighted by atomic mass is 32.2. The maximum atomic E-state index is 12.6. The molecule has 30 heavy (non-hydrogen) atoms. The molecule has 2 amide bonds. The maximum Gasteiger partial charge on any atom is 0.255 e. The van der Waals surface area contributed by atoms with Crippen molar-refractivity contribution >= 4 is 33.2 Å². The molecule has 0 saturated carbocycles. The Kier molecular flexibility index (Phi) is 7.05. The quantitative estimate of drug-likeness (QED) is 0.645. The van der Waals surface area contributed by atoms with Crippen LogP contribution >= 0.6 is 0 Å². The van der Waals surface area contributed by atoms with Gasteiger partial charge in [0.15, 0.2) is 0 Å². The molecule has 2 aromatic rings. The minimum Gasteiger partial charge on any atom is -0.326 e. The van der Waals surface area contributed by atoms with E-state index in [9.17, 15) is 18.0 Å². The highest BCUT2D eigenvalue weighted by Gasteiger charge is 2.22. The van der Waals surface area contributed by atoms with Crippen LogP contribution < -0.4 is 15.4 Å². The van der Waals surface area contributed by atoms with Crippen molar-refractivity contribution in [1.29, 1.82) is 0 Å². The first-order valence-electron chi connectivity index (χ1n) is 9.65. The van der Waals surface area contributed by atoms with Gasteiger partial charge >= 0.3 is 0 Å². The van der Waals surface area contributed by atoms with Gasteiger partial charge in [0.05, 0.1) is 4.90 Å². The minimum atomic E-state index is -3.67. The Morgan fingerprint density at radius 1 is 0.933 bits per heavy atom. The molecule has 0 aliphatic carbocycles. The fourth-order valence-corrected chi connectivity index (χ4v) is 3.98. The van der Waals surface area contributed by atoms with E-state index in [2.05, 4.69) is 15.4 Å². The lowest BCUT2D eigenvalue weighted by Crippen LogP contribution is -2.40. The zero-order valence-electron chi connectivity index (χ0n) is 18.2. The first kappa shape index (κ1) is 23.6. The van der Waals surface area contributed by atoms with E-state index in [4.69, 9.17) is 0 Å². The van der Waals surface area contributed by atoms with Crippen molar-refractivity contribution in [2.24, 2.45) is 5.92 Å². The Morgan fingerprint density at radius 2 is 1.53 bits per heavy atom. The summed E-state index contributed by atoms with van der Waals surface area (Å²) in [4.78, 5) is 24.6. The molecule has 8 heteroatoms. The van der Waals surface area contributed by atoms with Crippen LogP contribution in [0.15, 0.2) is 47.4 Å². The minimum absolute atomic E-state index is 0.0866. The van der Waals surface area contributed by atoms with Crippen molar-refractivity contribution in [3.8, 4) is 0 Å². The SMILES string of the molecule is Cc1ccc(NC(=O)C(C)C)cc1NC(=O)c1ccc(S(=O)(=O)NC(C)(C)C)cc1. The summed E-state index contributed by atoms with van der Waals surface area (Å²) in [6, 6.07) is 11.0.